The van der Waals surface area contributed by atoms with Crippen molar-refractivity contribution in [3.05, 3.63) is 413 Å². The molecule has 16 rings (SSSR count). The molecule has 0 fully saturated rings. The summed E-state index contributed by atoms with van der Waals surface area (Å²) in [6.45, 7) is 25.7. The molecular formula is C100H98BBr2ILiN2O6Y3-6. The van der Waals surface area contributed by atoms with Crippen LogP contribution in [0.4, 0.5) is 11.4 Å². The number of unbranched alkanes of at least 4 members (excludes halogenated alkanes) is 1. The summed E-state index contributed by atoms with van der Waals surface area (Å²) in [5.41, 5.74) is 16.5. The van der Waals surface area contributed by atoms with Gasteiger partial charge in [0.1, 0.15) is 5.75 Å². The Labute approximate surface area is 809 Å². The number of benzene rings is 13. The van der Waals surface area contributed by atoms with Crippen molar-refractivity contribution in [1.29, 1.82) is 0 Å². The molecule has 2 aliphatic rings. The van der Waals surface area contributed by atoms with Crippen molar-refractivity contribution >= 4 is 113 Å². The van der Waals surface area contributed by atoms with E-state index in [0.29, 0.717) is 46.8 Å². The van der Waals surface area contributed by atoms with Crippen molar-refractivity contribution in [3.8, 4) is 28.0 Å². The molecule has 1 aliphatic carbocycles. The Morgan fingerprint density at radius 3 is 1.25 bits per heavy atom. The molecule has 0 saturated heterocycles. The number of hydrogen-bond donors (Lipinski definition) is 1. The number of nitrogens with zero attached hydrogens (tertiary/aromatic N) is 2. The van der Waals surface area contributed by atoms with Gasteiger partial charge < -0.3 is 40.5 Å². The van der Waals surface area contributed by atoms with Gasteiger partial charge in [0, 0.05) is 139 Å². The van der Waals surface area contributed by atoms with E-state index in [-0.39, 0.29) is 147 Å². The molecule has 0 saturated carbocycles. The first kappa shape index (κ1) is 108. The number of anilines is 2. The summed E-state index contributed by atoms with van der Waals surface area (Å²) in [5.74, 6) is 0.445. The maximum absolute atomic E-state index is 13.5. The van der Waals surface area contributed by atoms with Crippen LogP contribution in [-0.2, 0) is 111 Å². The van der Waals surface area contributed by atoms with E-state index in [1.807, 2.05) is 234 Å². The van der Waals surface area contributed by atoms with Gasteiger partial charge >= 0.3 is 26.5 Å². The molecule has 4 radical (unpaired) electrons. The van der Waals surface area contributed by atoms with Gasteiger partial charge in [0.25, 0.3) is 0 Å². The minimum absolute atomic E-state index is 0. The molecule has 0 amide bonds. The van der Waals surface area contributed by atoms with Gasteiger partial charge in [0.2, 0.25) is 0 Å². The van der Waals surface area contributed by atoms with Gasteiger partial charge in [-0.05, 0) is 92.8 Å². The number of aromatic nitrogens is 1. The number of ketones is 3. The zero-order valence-electron chi connectivity index (χ0n) is 68.2. The third-order valence-electron chi connectivity index (χ3n) is 17.1. The van der Waals surface area contributed by atoms with Gasteiger partial charge in [0.15, 0.2) is 5.43 Å². The summed E-state index contributed by atoms with van der Waals surface area (Å²) in [5, 5.41) is 9.84. The van der Waals surface area contributed by atoms with Gasteiger partial charge in [0.05, 0.1) is 38.3 Å². The van der Waals surface area contributed by atoms with E-state index in [1.165, 1.54) is 40.0 Å². The fraction of sp³-hybridized carbons (Fsp3) is 0.170. The molecule has 2 heterocycles. The largest absolute Gasteiger partial charge is 1.00 e. The molecule has 8 nitrogen and oxygen atoms in total. The molecule has 1 aliphatic heterocycles. The van der Waals surface area contributed by atoms with E-state index in [0.717, 1.165) is 63.0 Å². The second kappa shape index (κ2) is 57.7. The number of carbonyl (C=O) groups excluding carboxylic acids is 3. The average molecular weight is 2000 g/mol. The van der Waals surface area contributed by atoms with Gasteiger partial charge in [-0.15, -0.1) is 219 Å². The molecule has 1 N–H and O–H groups in total. The molecule has 14 aromatic rings. The molecule has 1 spiro atoms. The molecule has 0 bridgehead atoms. The van der Waals surface area contributed by atoms with Crippen LogP contribution in [0, 0.1) is 46.9 Å². The Hall–Kier alpha value is -6.44. The Bertz CT molecular complexity index is 5190. The Morgan fingerprint density at radius 1 is 0.448 bits per heavy atom. The Kier molecular flexibility index (Phi) is 53.5. The molecule has 16 heteroatoms. The van der Waals surface area contributed by atoms with Gasteiger partial charge in [-0.1, -0.05) is 241 Å². The monoisotopic (exact) mass is 1990 g/mol. The van der Waals surface area contributed by atoms with Crippen LogP contribution < -0.4 is 33.8 Å². The minimum Gasteiger partial charge on any atom is -0.537 e. The van der Waals surface area contributed by atoms with Crippen molar-refractivity contribution in [3.63, 3.8) is 0 Å². The van der Waals surface area contributed by atoms with E-state index in [4.69, 9.17) is 9.68 Å². The van der Waals surface area contributed by atoms with Crippen LogP contribution >= 0.6 is 54.5 Å². The number of aryl methyl sites for hydroxylation is 1. The summed E-state index contributed by atoms with van der Waals surface area (Å²) in [6, 6.07) is 112. The van der Waals surface area contributed by atoms with Crippen molar-refractivity contribution in [2.75, 3.05) is 11.9 Å². The summed E-state index contributed by atoms with van der Waals surface area (Å²) < 4.78 is 9.69. The van der Waals surface area contributed by atoms with Crippen LogP contribution in [0.3, 0.4) is 0 Å². The Balaban J connectivity index is 0.000000726. The minimum atomic E-state index is -0.518. The van der Waals surface area contributed by atoms with Crippen molar-refractivity contribution < 1.29 is 141 Å². The SMILES string of the molecule is C.CC.CC.CC.CC.CC.CN1c2ccccc2C2(c3ccccc3-c3c[c-]c(C(=O)c4[c-]cccc4)cc32)c2ccccc21.Cn1c2ccccc2c(=O)c2ccccc21.O=C(c1[c-]cccc1)c1[c-]cc(-c2ccccc2Br)cc1.O=C(c1[c-]cccc1)c1[c-]cc(I)cc1.O[B]Oc1ccccc1Br.[CH2-]CCC.[Li+].[Y].[Y].[Y]. The van der Waals surface area contributed by atoms with E-state index in [1.54, 1.807) is 54.6 Å². The number of carbonyl (C=O) groups is 3. The third kappa shape index (κ3) is 27.3. The van der Waals surface area contributed by atoms with E-state index < -0.39 is 5.41 Å². The molecule has 116 heavy (non-hydrogen) atoms. The zero-order valence-corrected chi connectivity index (χ0v) is 82.0. The van der Waals surface area contributed by atoms with Crippen molar-refractivity contribution in [2.24, 2.45) is 7.05 Å². The molecular weight excluding hydrogens is 1900 g/mol. The van der Waals surface area contributed by atoms with Gasteiger partial charge in [-0.25, -0.2) is 0 Å². The first-order chi connectivity index (χ1) is 54.3. The van der Waals surface area contributed by atoms with Crippen molar-refractivity contribution in [2.45, 2.75) is 102 Å². The van der Waals surface area contributed by atoms with Crippen LogP contribution in [0.5, 0.6) is 5.75 Å². The number of halogens is 3. The molecule has 1 aromatic heterocycles. The number of hydrogen-bond acceptors (Lipinski definition) is 7. The fourth-order valence-electron chi connectivity index (χ4n) is 12.2. The van der Waals surface area contributed by atoms with Gasteiger partial charge in [-0.3, -0.25) is 4.79 Å². The number of para-hydroxylation sites is 5. The first-order valence-electron chi connectivity index (χ1n) is 37.5. The maximum atomic E-state index is 13.5. The Morgan fingerprint density at radius 2 is 0.828 bits per heavy atom. The van der Waals surface area contributed by atoms with Crippen molar-refractivity contribution in [1.82, 2.24) is 4.57 Å². The van der Waals surface area contributed by atoms with Crippen LogP contribution in [0.2, 0.25) is 0 Å². The van der Waals surface area contributed by atoms with Crippen LogP contribution in [0.1, 0.15) is 166 Å². The predicted molar refractivity (Wildman–Crippen MR) is 486 cm³/mol. The predicted octanol–water partition coefficient (Wildman–Crippen LogP) is 23.5. The summed E-state index contributed by atoms with van der Waals surface area (Å²) in [7, 11) is 4.77. The second-order valence-electron chi connectivity index (χ2n) is 23.2. The summed E-state index contributed by atoms with van der Waals surface area (Å²) in [4.78, 5) is 52.1. The van der Waals surface area contributed by atoms with Crippen LogP contribution in [0.15, 0.2) is 305 Å². The average Bonchev–Trinajstić information content (AvgIpc) is 1.49. The quantitative estimate of drug-likeness (QED) is 0.0478. The first-order valence-corrected chi connectivity index (χ1v) is 40.1. The second-order valence-corrected chi connectivity index (χ2v) is 26.2. The smallest absolute Gasteiger partial charge is 0.537 e. The molecule has 13 aromatic carbocycles. The topological polar surface area (TPSA) is 106 Å². The fourth-order valence-corrected chi connectivity index (χ4v) is 13.4. The summed E-state index contributed by atoms with van der Waals surface area (Å²) >= 11 is 8.96. The molecule has 0 unspecified atom stereocenters. The number of rotatable bonds is 10. The normalized spacial score (nSPS) is 10.2. The maximum Gasteiger partial charge on any atom is 1.00 e. The van der Waals surface area contributed by atoms with Crippen LogP contribution in [-0.4, -0.2) is 41.7 Å². The van der Waals surface area contributed by atoms with Crippen LogP contribution in [0.25, 0.3) is 44.1 Å². The van der Waals surface area contributed by atoms with E-state index in [2.05, 4.69) is 200 Å². The van der Waals surface area contributed by atoms with E-state index >= 15 is 0 Å². The molecule has 584 valence electrons. The molecule has 0 atom stereocenters. The standard InChI is InChI=1S/C33H21NO.C19H11BrO.C14H11NO.C13H7IO.C6H5BBrO2.C4H9.5C2H6.CH4.Li.3Y/c1-34-30-17-9-7-15-27(30)33(28-16-8-10-18-31(28)34)26-14-6-5-13-24(26)25-20-19-23(21-29(25)33)32(35)22-11-3-2-4-12-22;20-18-9-5-4-8-17(18)14-10-12-16(13-11-14)19(21)15-6-2-1-3-7-15;1-15-12-8-4-2-6-10(12)14(16)11-7-3-5-9-13(11)15;14-12-8-6-11(7-9-12)13(15)10-4-2-1-3-5-10;8-5-3-1-2-4-6(5)10-7-9;1-3-4-2;5*1-2;;;;;/h2-11,13-18,20-21H,1H3;1-6,8-12H;2-9H,1H3;1-4,6,8-9H;1-4,9H;1,3-4H2,2H3;5*1-2H3;1H4;;;;/q2*-2;;-2;;-1;;;;;;;+1;;;. The zero-order chi connectivity index (χ0) is 80.8. The number of fused-ring (bicyclic) bond motifs is 11. The third-order valence-corrected chi connectivity index (χ3v) is 19.1. The summed E-state index contributed by atoms with van der Waals surface area (Å²) in [6.07, 6.45) is 2.28. The van der Waals surface area contributed by atoms with Gasteiger partial charge in [-0.2, -0.15) is 6.42 Å². The number of pyridine rings is 1. The van der Waals surface area contributed by atoms with E-state index in [9.17, 15) is 19.2 Å².